The predicted molar refractivity (Wildman–Crippen MR) is 320 cm³/mol. The smallest absolute Gasteiger partial charge is 0.266 e. The van der Waals surface area contributed by atoms with Crippen LogP contribution in [0.4, 0.5) is 39.8 Å². The third-order valence-corrected chi connectivity index (χ3v) is 15.3. The van der Waals surface area contributed by atoms with E-state index in [0.717, 1.165) is 83.8 Å². The summed E-state index contributed by atoms with van der Waals surface area (Å²) in [5.41, 5.74) is 10.7. The van der Waals surface area contributed by atoms with E-state index in [0.29, 0.717) is 34.4 Å². The van der Waals surface area contributed by atoms with Gasteiger partial charge in [0.15, 0.2) is 0 Å². The molecule has 0 amide bonds. The Morgan fingerprint density at radius 3 is 1.81 bits per heavy atom. The number of anilines is 7. The summed E-state index contributed by atoms with van der Waals surface area (Å²) >= 11 is 0. The van der Waals surface area contributed by atoms with Gasteiger partial charge < -0.3 is 33.5 Å². The number of nitrogens with zero attached hydrogens (tertiary/aromatic N) is 5. The van der Waals surface area contributed by atoms with E-state index in [1.165, 1.54) is 0 Å². The molecule has 4 aliphatic heterocycles. The van der Waals surface area contributed by atoms with Crippen LogP contribution in [0.5, 0.6) is 34.5 Å². The van der Waals surface area contributed by atoms with Gasteiger partial charge in [-0.3, -0.25) is 0 Å². The molecule has 0 fully saturated rings. The Morgan fingerprint density at radius 2 is 1.15 bits per heavy atom. The van der Waals surface area contributed by atoms with Gasteiger partial charge in [0, 0.05) is 95.0 Å². The minimum absolute atomic E-state index is 0. The van der Waals surface area contributed by atoms with Crippen molar-refractivity contribution in [2.45, 2.75) is 26.2 Å². The van der Waals surface area contributed by atoms with Gasteiger partial charge in [-0.25, -0.2) is 4.98 Å². The average Bonchev–Trinajstić information content (AvgIpc) is 0.785. The van der Waals surface area contributed by atoms with Crippen molar-refractivity contribution >= 4 is 84.7 Å². The molecule has 0 aliphatic carbocycles. The molecule has 2 aromatic heterocycles. The van der Waals surface area contributed by atoms with E-state index in [9.17, 15) is 0 Å². The number of hydrogen-bond acceptors (Lipinski definition) is 7. The van der Waals surface area contributed by atoms with Crippen LogP contribution in [0.2, 0.25) is 0 Å². The standard InChI is InChI=1S/C70H47BN5O3.Pt/c1-70(2,3)46-37-38-72-65(39-46)76-55-36-33-48(75-58-27-14-29-61-66(58)71-67-59(75)28-15-30-62(67)79-64-32-16-31-63(78-61)68(64)71)41-54(55)53-35-34-50(42-60(53)76)77-49-22-12-21-47(40-49)73-43-74(57-26-11-10-25-56(57)73)69-51(44-17-6-4-7-18-44)23-13-24-52(69)45-19-8-5-9-20-45;/h4-39,41,43H,1-3H3;/q-3;/i4D,5D,6D,7D,8D,9D,17D,18D,19D,20D;. The van der Waals surface area contributed by atoms with Crippen LogP contribution in [-0.2, 0) is 26.5 Å². The Bertz CT molecular complexity index is 4900. The summed E-state index contributed by atoms with van der Waals surface area (Å²) in [7, 11) is 0. The van der Waals surface area contributed by atoms with Gasteiger partial charge in [-0.05, 0) is 117 Å². The third kappa shape index (κ3) is 7.44. The Morgan fingerprint density at radius 1 is 0.562 bits per heavy atom. The molecule has 0 N–H and O–H groups in total. The summed E-state index contributed by atoms with van der Waals surface area (Å²) in [6, 6.07) is 52.7. The van der Waals surface area contributed by atoms with Gasteiger partial charge in [0.2, 0.25) is 0 Å². The second kappa shape index (κ2) is 18.4. The largest absolute Gasteiger partial charge is 0.509 e. The normalized spacial score (nSPS) is 15.1. The average molecular weight is 1220 g/mol. The molecule has 0 spiro atoms. The van der Waals surface area contributed by atoms with Crippen LogP contribution in [0.25, 0.3) is 49.9 Å². The minimum Gasteiger partial charge on any atom is -0.509 e. The van der Waals surface area contributed by atoms with Gasteiger partial charge in [-0.2, -0.15) is 12.1 Å². The van der Waals surface area contributed by atoms with Crippen molar-refractivity contribution in [2.24, 2.45) is 0 Å². The van der Waals surface area contributed by atoms with Crippen LogP contribution in [0.3, 0.4) is 0 Å². The number of aromatic nitrogens is 2. The maximum Gasteiger partial charge on any atom is 0.266 e. The number of ether oxygens (including phenoxy) is 3. The monoisotopic (exact) mass is 1220 g/mol. The fourth-order valence-corrected chi connectivity index (χ4v) is 11.8. The maximum absolute atomic E-state index is 9.12. The number of fused-ring (bicyclic) bond motifs is 4. The van der Waals surface area contributed by atoms with E-state index in [1.807, 2.05) is 108 Å². The van der Waals surface area contributed by atoms with Gasteiger partial charge in [0.05, 0.1) is 13.7 Å². The van der Waals surface area contributed by atoms with Gasteiger partial charge in [-0.1, -0.05) is 135 Å². The van der Waals surface area contributed by atoms with Crippen molar-refractivity contribution in [3.63, 3.8) is 0 Å². The first kappa shape index (κ1) is 38.3. The molecule has 0 radical (unpaired) electrons. The van der Waals surface area contributed by atoms with Crippen molar-refractivity contribution in [3.8, 4) is 62.6 Å². The second-order valence-electron chi connectivity index (χ2n) is 20.8. The first-order chi connectivity index (χ1) is 42.9. The summed E-state index contributed by atoms with van der Waals surface area (Å²) in [5, 5.41) is 1.87. The van der Waals surface area contributed by atoms with E-state index >= 15 is 0 Å². The van der Waals surface area contributed by atoms with Crippen LogP contribution in [0.15, 0.2) is 224 Å². The van der Waals surface area contributed by atoms with Crippen molar-refractivity contribution in [1.29, 1.82) is 0 Å². The van der Waals surface area contributed by atoms with Crippen molar-refractivity contribution < 1.29 is 49.0 Å². The second-order valence-corrected chi connectivity index (χ2v) is 20.8. The molecule has 386 valence electrons. The van der Waals surface area contributed by atoms with E-state index < -0.39 is 60.4 Å². The Kier molecular flexibility index (Phi) is 8.81. The van der Waals surface area contributed by atoms with E-state index in [-0.39, 0.29) is 61.1 Å². The quantitative estimate of drug-likeness (QED) is 0.111. The molecule has 0 atom stereocenters. The number of pyridine rings is 1. The van der Waals surface area contributed by atoms with Crippen LogP contribution in [-0.4, -0.2) is 16.3 Å². The maximum atomic E-state index is 9.12. The minimum atomic E-state index is -0.573. The molecule has 10 heteroatoms. The zero-order valence-corrected chi connectivity index (χ0v) is 45.3. The van der Waals surface area contributed by atoms with Crippen LogP contribution in [0.1, 0.15) is 40.0 Å². The molecule has 10 aromatic carbocycles. The molecule has 80 heavy (non-hydrogen) atoms. The molecule has 4 aliphatic rings. The summed E-state index contributed by atoms with van der Waals surface area (Å²) in [6.07, 6.45) is 1.84. The van der Waals surface area contributed by atoms with Gasteiger partial charge in [-0.15, -0.1) is 48.1 Å². The van der Waals surface area contributed by atoms with Crippen molar-refractivity contribution in [1.82, 2.24) is 9.55 Å². The van der Waals surface area contributed by atoms with Crippen LogP contribution in [0, 0.1) is 18.8 Å². The summed E-state index contributed by atoms with van der Waals surface area (Å²) in [5.74, 6) is 4.67. The summed E-state index contributed by atoms with van der Waals surface area (Å²) in [6.45, 7) is 8.20. The van der Waals surface area contributed by atoms with Crippen molar-refractivity contribution in [2.75, 3.05) is 14.7 Å². The molecule has 6 heterocycles. The Labute approximate surface area is 493 Å². The van der Waals surface area contributed by atoms with Crippen molar-refractivity contribution in [3.05, 3.63) is 249 Å². The summed E-state index contributed by atoms with van der Waals surface area (Å²) < 4.78 is 110. The Hall–Kier alpha value is -9.30. The van der Waals surface area contributed by atoms with Gasteiger partial charge >= 0.3 is 0 Å². The molecular weight excluding hydrogens is 1160 g/mol. The number of benzene rings is 10. The molecule has 12 aromatic rings. The van der Waals surface area contributed by atoms with Crippen LogP contribution < -0.4 is 45.3 Å². The molecule has 0 saturated carbocycles. The zero-order chi connectivity index (χ0) is 61.2. The van der Waals surface area contributed by atoms with Crippen LogP contribution >= 0.6 is 0 Å². The zero-order valence-electron chi connectivity index (χ0n) is 53.0. The predicted octanol–water partition coefficient (Wildman–Crippen LogP) is 16.1. The van der Waals surface area contributed by atoms with E-state index in [2.05, 4.69) is 78.8 Å². The molecule has 16 rings (SSSR count). The Balaban J connectivity index is 0.00000676. The summed E-state index contributed by atoms with van der Waals surface area (Å²) in [4.78, 5) is 10.9. The first-order valence-corrected chi connectivity index (χ1v) is 26.0. The number of hydrogen-bond donors (Lipinski definition) is 0. The molecule has 0 unspecified atom stereocenters. The molecule has 8 nitrogen and oxygen atoms in total. The molecule has 0 saturated heterocycles. The molecule has 0 bridgehead atoms. The number of rotatable bonds is 8. The SMILES string of the molecule is [2H]c1c([2H])c([2H])c(-c2cccc(-c3c([2H])c([2H])c([2H])c([2H])c3[2H])c2N2[CH-]N(c3[c-]c(Oc4[c-]c5c(cc4)c4cc(N6c7cccc8c7B7c9c(cccc9Oc9cccc6c97)O8)ccc4n5-c4cc(C(C)(C)C)ccn4)ccc3)c3ccccc32)c([2H])c1[2H].[Pt]. The van der Waals surface area contributed by atoms with E-state index in [1.54, 1.807) is 35.8 Å². The number of para-hydroxylation sites is 3. The fourth-order valence-electron chi connectivity index (χ4n) is 11.8. The molecular formula is C70H47BN5O3Pt-3. The topological polar surface area (TPSA) is 55.2 Å². The van der Waals surface area contributed by atoms with E-state index in [4.69, 9.17) is 32.9 Å². The first-order valence-electron chi connectivity index (χ1n) is 31.0. The van der Waals surface area contributed by atoms with Gasteiger partial charge in [0.25, 0.3) is 6.71 Å². The third-order valence-electron chi connectivity index (χ3n) is 15.3. The fraction of sp³-hybridized carbons (Fsp3) is 0.0571. The van der Waals surface area contributed by atoms with Gasteiger partial charge in [0.1, 0.15) is 28.8 Å².